The quantitative estimate of drug-likeness (QED) is 0.864. The molecule has 0 radical (unpaired) electrons. The van der Waals surface area contributed by atoms with Crippen LogP contribution in [0.3, 0.4) is 0 Å². The second-order valence-corrected chi connectivity index (χ2v) is 4.96. The van der Waals surface area contributed by atoms with Crippen molar-refractivity contribution in [1.29, 1.82) is 0 Å². The van der Waals surface area contributed by atoms with Gasteiger partial charge in [-0.05, 0) is 18.0 Å². The highest BCUT2D eigenvalue weighted by molar-refractivity contribution is 6.01. The van der Waals surface area contributed by atoms with Gasteiger partial charge in [-0.15, -0.1) is 0 Å². The third-order valence-electron chi connectivity index (χ3n) is 3.61. The van der Waals surface area contributed by atoms with Gasteiger partial charge >= 0.3 is 6.03 Å². The molecule has 3 rings (SSSR count). The number of rotatable bonds is 2. The third kappa shape index (κ3) is 2.27. The van der Waals surface area contributed by atoms with Crippen LogP contribution < -0.4 is 11.1 Å². The fraction of sp³-hybridized carbons (Fsp3) is 0.267. The number of anilines is 1. The Balaban J connectivity index is 1.77. The van der Waals surface area contributed by atoms with Crippen LogP contribution in [-0.2, 0) is 0 Å². The van der Waals surface area contributed by atoms with Crippen molar-refractivity contribution in [3.8, 4) is 0 Å². The number of hydrogen-bond donors (Lipinski definition) is 2. The number of nitrogens with one attached hydrogen (secondary N) is 1. The highest BCUT2D eigenvalue weighted by Crippen LogP contribution is 2.24. The van der Waals surface area contributed by atoms with Crippen LogP contribution in [0.2, 0.25) is 0 Å². The van der Waals surface area contributed by atoms with Gasteiger partial charge in [0.05, 0.1) is 5.69 Å². The topological polar surface area (TPSA) is 58.4 Å². The molecule has 0 atom stereocenters. The van der Waals surface area contributed by atoms with Crippen LogP contribution in [0.1, 0.15) is 0 Å². The van der Waals surface area contributed by atoms with E-state index in [4.69, 9.17) is 5.73 Å². The number of hydrogen-bond acceptors (Lipinski definition) is 2. The summed E-state index contributed by atoms with van der Waals surface area (Å²) in [5.74, 6) is 0.457. The zero-order valence-electron chi connectivity index (χ0n) is 10.7. The highest BCUT2D eigenvalue weighted by Gasteiger charge is 2.29. The zero-order chi connectivity index (χ0) is 13.2. The van der Waals surface area contributed by atoms with Crippen LogP contribution >= 0.6 is 0 Å². The molecule has 2 amide bonds. The molecular formula is C15H17N3O. The molecule has 4 nitrogen and oxygen atoms in total. The third-order valence-corrected chi connectivity index (χ3v) is 3.61. The Morgan fingerprint density at radius 2 is 1.95 bits per heavy atom. The number of carbonyl (C=O) groups is 1. The fourth-order valence-corrected chi connectivity index (χ4v) is 2.41. The second-order valence-electron chi connectivity index (χ2n) is 4.96. The van der Waals surface area contributed by atoms with Gasteiger partial charge < -0.3 is 16.0 Å². The van der Waals surface area contributed by atoms with Gasteiger partial charge in [-0.2, -0.15) is 0 Å². The minimum atomic E-state index is -0.0407. The van der Waals surface area contributed by atoms with Crippen LogP contribution in [0.25, 0.3) is 10.8 Å². The van der Waals surface area contributed by atoms with Gasteiger partial charge in [0.15, 0.2) is 0 Å². The van der Waals surface area contributed by atoms with E-state index >= 15 is 0 Å². The molecular weight excluding hydrogens is 238 g/mol. The predicted molar refractivity (Wildman–Crippen MR) is 77.1 cm³/mol. The summed E-state index contributed by atoms with van der Waals surface area (Å²) in [6, 6.07) is 13.9. The maximum Gasteiger partial charge on any atom is 0.321 e. The molecule has 1 fully saturated rings. The largest absolute Gasteiger partial charge is 0.330 e. The highest BCUT2D eigenvalue weighted by atomic mass is 16.2. The van der Waals surface area contributed by atoms with E-state index in [1.54, 1.807) is 4.90 Å². The van der Waals surface area contributed by atoms with Crippen molar-refractivity contribution in [3.63, 3.8) is 0 Å². The van der Waals surface area contributed by atoms with Crippen molar-refractivity contribution in [2.75, 3.05) is 25.0 Å². The first-order valence-corrected chi connectivity index (χ1v) is 6.51. The molecule has 1 heterocycles. The number of amides is 2. The van der Waals surface area contributed by atoms with Crippen LogP contribution in [0.4, 0.5) is 10.5 Å². The summed E-state index contributed by atoms with van der Waals surface area (Å²) in [5, 5.41) is 5.17. The first-order chi connectivity index (χ1) is 9.28. The summed E-state index contributed by atoms with van der Waals surface area (Å²) in [7, 11) is 0. The maximum absolute atomic E-state index is 12.1. The number of carbonyl (C=O) groups excluding carboxylic acids is 1. The van der Waals surface area contributed by atoms with E-state index < -0.39 is 0 Å². The lowest BCUT2D eigenvalue weighted by atomic mass is 10.0. The number of nitrogens with zero attached hydrogens (tertiary/aromatic N) is 1. The van der Waals surface area contributed by atoms with Crippen molar-refractivity contribution in [3.05, 3.63) is 42.5 Å². The molecule has 1 aliphatic heterocycles. The smallest absolute Gasteiger partial charge is 0.321 e. The first-order valence-electron chi connectivity index (χ1n) is 6.51. The number of urea groups is 1. The molecule has 2 aromatic rings. The molecule has 4 heteroatoms. The molecule has 0 spiro atoms. The summed E-state index contributed by atoms with van der Waals surface area (Å²) in [6.07, 6.45) is 0. The molecule has 19 heavy (non-hydrogen) atoms. The molecule has 0 saturated carbocycles. The molecule has 1 saturated heterocycles. The van der Waals surface area contributed by atoms with Crippen molar-refractivity contribution in [2.45, 2.75) is 0 Å². The van der Waals surface area contributed by atoms with Gasteiger partial charge in [0.2, 0.25) is 0 Å². The normalized spacial score (nSPS) is 15.3. The molecule has 3 N–H and O–H groups in total. The SMILES string of the molecule is NCC1CN(C(=O)Nc2cccc3ccccc23)C1. The van der Waals surface area contributed by atoms with Crippen LogP contribution in [-0.4, -0.2) is 30.6 Å². The van der Waals surface area contributed by atoms with Crippen molar-refractivity contribution in [1.82, 2.24) is 4.90 Å². The summed E-state index contributed by atoms with van der Waals surface area (Å²) >= 11 is 0. The Morgan fingerprint density at radius 1 is 1.21 bits per heavy atom. The number of fused-ring (bicyclic) bond motifs is 1. The van der Waals surface area contributed by atoms with E-state index in [2.05, 4.69) is 5.32 Å². The zero-order valence-corrected chi connectivity index (χ0v) is 10.7. The molecule has 0 bridgehead atoms. The van der Waals surface area contributed by atoms with Crippen LogP contribution in [0.5, 0.6) is 0 Å². The van der Waals surface area contributed by atoms with Gasteiger partial charge in [0.1, 0.15) is 0 Å². The van der Waals surface area contributed by atoms with Gasteiger partial charge in [-0.25, -0.2) is 4.79 Å². The van der Waals surface area contributed by atoms with E-state index in [0.717, 1.165) is 29.5 Å². The Hall–Kier alpha value is -2.07. The first kappa shape index (κ1) is 12.0. The molecule has 2 aromatic carbocycles. The second kappa shape index (κ2) is 4.90. The van der Waals surface area contributed by atoms with E-state index in [1.807, 2.05) is 42.5 Å². The Kier molecular flexibility index (Phi) is 3.09. The average Bonchev–Trinajstić information content (AvgIpc) is 2.38. The molecule has 0 unspecified atom stereocenters. The van der Waals surface area contributed by atoms with Gasteiger partial charge in [0, 0.05) is 24.4 Å². The minimum Gasteiger partial charge on any atom is -0.330 e. The molecule has 98 valence electrons. The average molecular weight is 255 g/mol. The summed E-state index contributed by atoms with van der Waals surface area (Å²) < 4.78 is 0. The predicted octanol–water partition coefficient (Wildman–Crippen LogP) is 2.26. The van der Waals surface area contributed by atoms with Crippen LogP contribution in [0.15, 0.2) is 42.5 Å². The maximum atomic E-state index is 12.1. The van der Waals surface area contributed by atoms with Crippen molar-refractivity contribution < 1.29 is 4.79 Å². The van der Waals surface area contributed by atoms with Crippen molar-refractivity contribution in [2.24, 2.45) is 11.7 Å². The summed E-state index contributed by atoms with van der Waals surface area (Å²) in [5.41, 5.74) is 6.43. The van der Waals surface area contributed by atoms with Gasteiger partial charge in [0.25, 0.3) is 0 Å². The lowest BCUT2D eigenvalue weighted by Gasteiger charge is -2.38. The molecule has 1 aliphatic rings. The molecule has 0 aliphatic carbocycles. The summed E-state index contributed by atoms with van der Waals surface area (Å²) in [4.78, 5) is 13.9. The standard InChI is InChI=1S/C15H17N3O/c16-8-11-9-18(10-11)15(19)17-14-7-3-5-12-4-1-2-6-13(12)14/h1-7,11H,8-10,16H2,(H,17,19). The Labute approximate surface area is 112 Å². The van der Waals surface area contributed by atoms with E-state index in [-0.39, 0.29) is 6.03 Å². The van der Waals surface area contributed by atoms with Gasteiger partial charge in [-0.3, -0.25) is 0 Å². The number of likely N-dealkylation sites (tertiary alicyclic amines) is 1. The monoisotopic (exact) mass is 255 g/mol. The van der Waals surface area contributed by atoms with Crippen molar-refractivity contribution >= 4 is 22.5 Å². The number of benzene rings is 2. The van der Waals surface area contributed by atoms with Gasteiger partial charge in [-0.1, -0.05) is 36.4 Å². The minimum absolute atomic E-state index is 0.0407. The van der Waals surface area contributed by atoms with Crippen LogP contribution in [0, 0.1) is 5.92 Å². The Morgan fingerprint density at radius 3 is 2.74 bits per heavy atom. The van der Waals surface area contributed by atoms with E-state index in [9.17, 15) is 4.79 Å². The fourth-order valence-electron chi connectivity index (χ4n) is 2.41. The van der Waals surface area contributed by atoms with E-state index in [1.165, 1.54) is 0 Å². The Bertz CT molecular complexity index is 600. The lowest BCUT2D eigenvalue weighted by Crippen LogP contribution is -2.53. The molecule has 0 aromatic heterocycles. The summed E-state index contributed by atoms with van der Waals surface area (Å²) in [6.45, 7) is 2.16. The lowest BCUT2D eigenvalue weighted by molar-refractivity contribution is 0.135. The number of nitrogens with two attached hydrogens (primary N) is 1. The van der Waals surface area contributed by atoms with E-state index in [0.29, 0.717) is 12.5 Å².